The summed E-state index contributed by atoms with van der Waals surface area (Å²) < 4.78 is 15.3. The molecule has 23 heavy (non-hydrogen) atoms. The van der Waals surface area contributed by atoms with Crippen LogP contribution in [-0.2, 0) is 6.54 Å². The molecule has 0 spiro atoms. The number of nitrogens with one attached hydrogen (secondary N) is 1. The van der Waals surface area contributed by atoms with Gasteiger partial charge in [0, 0.05) is 11.1 Å². The Kier molecular flexibility index (Phi) is 4.39. The highest BCUT2D eigenvalue weighted by Crippen LogP contribution is 2.18. The van der Waals surface area contributed by atoms with Crippen molar-refractivity contribution in [2.24, 2.45) is 0 Å². The zero-order chi connectivity index (χ0) is 16.2. The third-order valence-corrected chi connectivity index (χ3v) is 3.72. The van der Waals surface area contributed by atoms with E-state index in [1.54, 1.807) is 29.1 Å². The van der Waals surface area contributed by atoms with Crippen molar-refractivity contribution >= 4 is 23.3 Å². The van der Waals surface area contributed by atoms with Crippen LogP contribution in [0.15, 0.2) is 60.8 Å². The number of anilines is 1. The van der Waals surface area contributed by atoms with Gasteiger partial charge < -0.3 is 5.32 Å². The molecule has 0 saturated carbocycles. The predicted molar refractivity (Wildman–Crippen MR) is 87.1 cm³/mol. The normalized spacial score (nSPS) is 10.5. The van der Waals surface area contributed by atoms with Crippen molar-refractivity contribution < 1.29 is 9.18 Å². The molecule has 0 bridgehead atoms. The highest BCUT2D eigenvalue weighted by atomic mass is 35.5. The van der Waals surface area contributed by atoms with Crippen LogP contribution in [0.4, 0.5) is 10.2 Å². The third-order valence-electron chi connectivity index (χ3n) is 3.35. The molecular formula is C17H13ClFN3O. The Morgan fingerprint density at radius 3 is 2.65 bits per heavy atom. The number of aromatic nitrogens is 2. The highest BCUT2D eigenvalue weighted by Gasteiger charge is 2.13. The van der Waals surface area contributed by atoms with Gasteiger partial charge in [-0.05, 0) is 23.8 Å². The lowest BCUT2D eigenvalue weighted by molar-refractivity contribution is 0.102. The van der Waals surface area contributed by atoms with Gasteiger partial charge in [0.1, 0.15) is 11.6 Å². The molecule has 0 aliphatic heterocycles. The summed E-state index contributed by atoms with van der Waals surface area (Å²) in [4.78, 5) is 12.2. The lowest BCUT2D eigenvalue weighted by atomic mass is 10.2. The number of hydrogen-bond acceptors (Lipinski definition) is 2. The number of halogens is 2. The minimum absolute atomic E-state index is 0.0157. The topological polar surface area (TPSA) is 46.9 Å². The molecule has 0 aliphatic rings. The Morgan fingerprint density at radius 2 is 1.87 bits per heavy atom. The number of rotatable bonds is 4. The van der Waals surface area contributed by atoms with Crippen molar-refractivity contribution in [3.63, 3.8) is 0 Å². The molecular weight excluding hydrogens is 317 g/mol. The van der Waals surface area contributed by atoms with Gasteiger partial charge in [0.05, 0.1) is 18.3 Å². The second-order valence-electron chi connectivity index (χ2n) is 4.90. The molecule has 4 nitrogen and oxygen atoms in total. The van der Waals surface area contributed by atoms with Crippen LogP contribution in [0.1, 0.15) is 15.9 Å². The standard InChI is InChI=1S/C17H13ClFN3O/c18-14-7-3-1-5-12(14)11-22-16(9-10-20-22)21-17(23)13-6-2-4-8-15(13)19/h1-10H,11H2,(H,21,23). The zero-order valence-corrected chi connectivity index (χ0v) is 12.8. The quantitative estimate of drug-likeness (QED) is 0.787. The average Bonchev–Trinajstić information content (AvgIpc) is 2.97. The van der Waals surface area contributed by atoms with Gasteiger partial charge in [-0.25, -0.2) is 9.07 Å². The minimum Gasteiger partial charge on any atom is -0.307 e. The summed E-state index contributed by atoms with van der Waals surface area (Å²) in [5.41, 5.74) is 0.859. The van der Waals surface area contributed by atoms with Crippen molar-refractivity contribution in [3.05, 3.63) is 82.8 Å². The predicted octanol–water partition coefficient (Wildman–Crippen LogP) is 3.98. The van der Waals surface area contributed by atoms with Gasteiger partial charge in [-0.15, -0.1) is 0 Å². The van der Waals surface area contributed by atoms with Gasteiger partial charge in [0.2, 0.25) is 0 Å². The van der Waals surface area contributed by atoms with Gasteiger partial charge >= 0.3 is 0 Å². The van der Waals surface area contributed by atoms with Crippen LogP contribution in [0.2, 0.25) is 5.02 Å². The van der Waals surface area contributed by atoms with Crippen LogP contribution in [0.25, 0.3) is 0 Å². The van der Waals surface area contributed by atoms with E-state index in [2.05, 4.69) is 10.4 Å². The van der Waals surface area contributed by atoms with E-state index in [1.165, 1.54) is 18.2 Å². The number of carbonyl (C=O) groups is 1. The smallest absolute Gasteiger partial charge is 0.259 e. The zero-order valence-electron chi connectivity index (χ0n) is 12.0. The molecule has 0 aliphatic carbocycles. The molecule has 0 fully saturated rings. The molecule has 0 saturated heterocycles. The van der Waals surface area contributed by atoms with Gasteiger partial charge in [-0.1, -0.05) is 41.9 Å². The molecule has 1 heterocycles. The molecule has 1 aromatic heterocycles. The highest BCUT2D eigenvalue weighted by molar-refractivity contribution is 6.31. The summed E-state index contributed by atoms with van der Waals surface area (Å²) in [6, 6.07) is 14.9. The van der Waals surface area contributed by atoms with Gasteiger partial charge in [-0.3, -0.25) is 4.79 Å². The second kappa shape index (κ2) is 6.62. The number of nitrogens with zero attached hydrogens (tertiary/aromatic N) is 2. The van der Waals surface area contributed by atoms with Gasteiger partial charge in [0.25, 0.3) is 5.91 Å². The van der Waals surface area contributed by atoms with Crippen molar-refractivity contribution in [2.45, 2.75) is 6.54 Å². The minimum atomic E-state index is -0.567. The van der Waals surface area contributed by atoms with Gasteiger partial charge in [-0.2, -0.15) is 5.10 Å². The fraction of sp³-hybridized carbons (Fsp3) is 0.0588. The lowest BCUT2D eigenvalue weighted by Gasteiger charge is -2.10. The largest absolute Gasteiger partial charge is 0.307 e. The van der Waals surface area contributed by atoms with Crippen molar-refractivity contribution in [2.75, 3.05) is 5.32 Å². The molecule has 3 aromatic rings. The summed E-state index contributed by atoms with van der Waals surface area (Å²) in [7, 11) is 0. The van der Waals surface area contributed by atoms with E-state index in [0.717, 1.165) is 5.56 Å². The Hall–Kier alpha value is -2.66. The molecule has 6 heteroatoms. The number of carbonyl (C=O) groups excluding carboxylic acids is 1. The summed E-state index contributed by atoms with van der Waals surface area (Å²) in [6.07, 6.45) is 1.56. The monoisotopic (exact) mass is 329 g/mol. The van der Waals surface area contributed by atoms with Crippen molar-refractivity contribution in [1.29, 1.82) is 0 Å². The number of amides is 1. The molecule has 3 rings (SSSR count). The van der Waals surface area contributed by atoms with Crippen LogP contribution < -0.4 is 5.32 Å². The van der Waals surface area contributed by atoms with Crippen LogP contribution in [0.5, 0.6) is 0 Å². The lowest BCUT2D eigenvalue weighted by Crippen LogP contribution is -2.17. The van der Waals surface area contributed by atoms with E-state index >= 15 is 0 Å². The molecule has 116 valence electrons. The Labute approximate surface area is 137 Å². The van der Waals surface area contributed by atoms with Crippen LogP contribution in [0.3, 0.4) is 0 Å². The van der Waals surface area contributed by atoms with E-state index in [9.17, 15) is 9.18 Å². The molecule has 0 unspecified atom stereocenters. The van der Waals surface area contributed by atoms with Crippen molar-refractivity contribution in [3.8, 4) is 0 Å². The first-order valence-electron chi connectivity index (χ1n) is 6.96. The number of hydrogen-bond donors (Lipinski definition) is 1. The average molecular weight is 330 g/mol. The first kappa shape index (κ1) is 15.2. The molecule has 0 atom stereocenters. The van der Waals surface area contributed by atoms with Crippen LogP contribution in [-0.4, -0.2) is 15.7 Å². The molecule has 1 N–H and O–H groups in total. The third kappa shape index (κ3) is 3.40. The Morgan fingerprint density at radius 1 is 1.13 bits per heavy atom. The summed E-state index contributed by atoms with van der Waals surface area (Å²) in [5, 5.41) is 7.46. The van der Waals surface area contributed by atoms with E-state index in [-0.39, 0.29) is 5.56 Å². The maximum absolute atomic E-state index is 13.7. The maximum atomic E-state index is 13.7. The molecule has 0 radical (unpaired) electrons. The second-order valence-corrected chi connectivity index (χ2v) is 5.31. The van der Waals surface area contributed by atoms with Gasteiger partial charge in [0.15, 0.2) is 0 Å². The fourth-order valence-electron chi connectivity index (χ4n) is 2.18. The fourth-order valence-corrected chi connectivity index (χ4v) is 2.38. The first-order chi connectivity index (χ1) is 11.1. The maximum Gasteiger partial charge on any atom is 0.259 e. The molecule has 1 amide bonds. The summed E-state index contributed by atoms with van der Waals surface area (Å²) in [6.45, 7) is 0.402. The summed E-state index contributed by atoms with van der Waals surface area (Å²) >= 11 is 6.14. The van der Waals surface area contributed by atoms with Crippen molar-refractivity contribution in [1.82, 2.24) is 9.78 Å². The number of benzene rings is 2. The van der Waals surface area contributed by atoms with E-state index in [4.69, 9.17) is 11.6 Å². The first-order valence-corrected chi connectivity index (χ1v) is 7.34. The Balaban J connectivity index is 1.80. The summed E-state index contributed by atoms with van der Waals surface area (Å²) in [5.74, 6) is -0.621. The molecule has 2 aromatic carbocycles. The van der Waals surface area contributed by atoms with E-state index < -0.39 is 11.7 Å². The SMILES string of the molecule is O=C(Nc1ccnn1Cc1ccccc1Cl)c1ccccc1F. The van der Waals surface area contributed by atoms with Crippen LogP contribution in [0, 0.1) is 5.82 Å². The van der Waals surface area contributed by atoms with Crippen LogP contribution >= 0.6 is 11.6 Å². The Bertz CT molecular complexity index is 847. The van der Waals surface area contributed by atoms with E-state index in [0.29, 0.717) is 17.4 Å². The van der Waals surface area contributed by atoms with E-state index in [1.807, 2.05) is 18.2 Å².